The summed E-state index contributed by atoms with van der Waals surface area (Å²) in [6.45, 7) is 1.85. The van der Waals surface area contributed by atoms with Crippen LogP contribution in [0.1, 0.15) is 6.92 Å². The number of H-pyrrole nitrogens is 1. The number of rotatable bonds is 3. The zero-order valence-corrected chi connectivity index (χ0v) is 10.1. The highest BCUT2D eigenvalue weighted by atomic mass is 35.5. The van der Waals surface area contributed by atoms with E-state index >= 15 is 0 Å². The van der Waals surface area contributed by atoms with Crippen LogP contribution in [0, 0.1) is 0 Å². The molecule has 0 aromatic carbocycles. The van der Waals surface area contributed by atoms with Gasteiger partial charge in [-0.2, -0.15) is 0 Å². The zero-order chi connectivity index (χ0) is 10.4. The van der Waals surface area contributed by atoms with Gasteiger partial charge in [-0.15, -0.1) is 0 Å². The Morgan fingerprint density at radius 3 is 3.14 bits per heavy atom. The Hall–Kier alpha value is -0.450. The fraction of sp³-hybridized carbons (Fsp3) is 0.222. The van der Waals surface area contributed by atoms with E-state index in [9.17, 15) is 0 Å². The van der Waals surface area contributed by atoms with Crippen molar-refractivity contribution in [3.8, 4) is 0 Å². The predicted molar refractivity (Wildman–Crippen MR) is 69.1 cm³/mol. The lowest BCUT2D eigenvalue weighted by Gasteiger charge is -2.02. The molecule has 0 saturated carbocycles. The molecule has 5 heteroatoms. The lowest BCUT2D eigenvalue weighted by molar-refractivity contribution is 1.41. The van der Waals surface area contributed by atoms with Gasteiger partial charge in [-0.05, 0) is 19.1 Å². The summed E-state index contributed by atoms with van der Waals surface area (Å²) in [6, 6.07) is 3.84. The smallest absolute Gasteiger partial charge is 0.139 e. The highest BCUT2D eigenvalue weighted by Crippen LogP contribution is 2.11. The summed E-state index contributed by atoms with van der Waals surface area (Å²) in [4.78, 5) is 3.01. The largest absolute Gasteiger partial charge is 0.348 e. The Bertz CT molecular complexity index is 316. The number of anilines is 1. The van der Waals surface area contributed by atoms with Crippen molar-refractivity contribution >= 4 is 45.7 Å². The van der Waals surface area contributed by atoms with Crippen molar-refractivity contribution in [1.29, 1.82) is 0 Å². The van der Waals surface area contributed by atoms with E-state index in [4.69, 9.17) is 23.8 Å². The third-order valence-electron chi connectivity index (χ3n) is 1.41. The van der Waals surface area contributed by atoms with Crippen LogP contribution in [0.3, 0.4) is 0 Å². The van der Waals surface area contributed by atoms with Crippen LogP contribution in [-0.4, -0.2) is 15.1 Å². The van der Waals surface area contributed by atoms with Crippen LogP contribution in [0.15, 0.2) is 29.4 Å². The Labute approximate surface area is 98.1 Å². The highest BCUT2D eigenvalue weighted by molar-refractivity contribution is 8.23. The van der Waals surface area contributed by atoms with Gasteiger partial charge in [0, 0.05) is 17.0 Å². The quantitative estimate of drug-likeness (QED) is 0.799. The van der Waals surface area contributed by atoms with Crippen LogP contribution in [0.4, 0.5) is 5.82 Å². The van der Waals surface area contributed by atoms with Gasteiger partial charge in [0.05, 0.1) is 0 Å². The van der Waals surface area contributed by atoms with Gasteiger partial charge in [0.25, 0.3) is 0 Å². The molecule has 0 spiro atoms. The maximum Gasteiger partial charge on any atom is 0.139 e. The fourth-order valence-electron chi connectivity index (χ4n) is 0.786. The van der Waals surface area contributed by atoms with Crippen LogP contribution in [0.2, 0.25) is 0 Å². The molecule has 0 aliphatic carbocycles. The molecule has 76 valence electrons. The van der Waals surface area contributed by atoms with Gasteiger partial charge in [0.2, 0.25) is 0 Å². The van der Waals surface area contributed by atoms with Crippen LogP contribution in [-0.2, 0) is 0 Å². The van der Waals surface area contributed by atoms with E-state index in [1.165, 1.54) is 0 Å². The van der Waals surface area contributed by atoms with Crippen molar-refractivity contribution in [2.24, 2.45) is 0 Å². The first-order chi connectivity index (χ1) is 6.68. The van der Waals surface area contributed by atoms with Gasteiger partial charge in [0.1, 0.15) is 10.1 Å². The summed E-state index contributed by atoms with van der Waals surface area (Å²) in [5.74, 6) is 1.70. The molecular formula is C9H11ClN2S2. The first-order valence-corrected chi connectivity index (χ1v) is 5.85. The van der Waals surface area contributed by atoms with E-state index in [0.29, 0.717) is 0 Å². The molecule has 14 heavy (non-hydrogen) atoms. The van der Waals surface area contributed by atoms with Crippen molar-refractivity contribution in [3.63, 3.8) is 0 Å². The van der Waals surface area contributed by atoms with E-state index in [0.717, 1.165) is 20.9 Å². The summed E-state index contributed by atoms with van der Waals surface area (Å²) in [5.41, 5.74) is 0. The maximum absolute atomic E-state index is 5.68. The molecule has 2 nitrogen and oxygen atoms in total. The van der Waals surface area contributed by atoms with E-state index in [1.54, 1.807) is 11.8 Å². The number of halogens is 1. The predicted octanol–water partition coefficient (Wildman–Crippen LogP) is 3.59. The Morgan fingerprint density at radius 1 is 1.79 bits per heavy atom. The van der Waals surface area contributed by atoms with Crippen molar-refractivity contribution in [1.82, 2.24) is 4.98 Å². The van der Waals surface area contributed by atoms with Crippen molar-refractivity contribution < 1.29 is 0 Å². The molecule has 1 rings (SSSR count). The van der Waals surface area contributed by atoms with Gasteiger partial charge in [0.15, 0.2) is 0 Å². The van der Waals surface area contributed by atoms with Gasteiger partial charge in [-0.3, -0.25) is 0 Å². The zero-order valence-electron chi connectivity index (χ0n) is 7.71. The maximum atomic E-state index is 5.68. The number of allylic oxidation sites excluding steroid dienone is 1. The third kappa shape index (κ3) is 4.69. The first kappa shape index (κ1) is 11.6. The Kier molecular flexibility index (Phi) is 5.07. The van der Waals surface area contributed by atoms with Gasteiger partial charge in [-0.25, -0.2) is 0 Å². The average molecular weight is 247 g/mol. The van der Waals surface area contributed by atoms with Crippen LogP contribution >= 0.6 is 35.6 Å². The Balaban J connectivity index is 2.27. The first-order valence-electron chi connectivity index (χ1n) is 4.08. The lowest BCUT2D eigenvalue weighted by atomic mass is 10.6. The van der Waals surface area contributed by atoms with E-state index in [1.807, 2.05) is 31.3 Å². The van der Waals surface area contributed by atoms with Crippen LogP contribution < -0.4 is 5.32 Å². The average Bonchev–Trinajstić information content (AvgIpc) is 2.56. The molecule has 0 aliphatic heterocycles. The topological polar surface area (TPSA) is 27.8 Å². The normalized spacial score (nSPS) is 11.4. The summed E-state index contributed by atoms with van der Waals surface area (Å²) >= 11 is 12.3. The monoisotopic (exact) mass is 246 g/mol. The molecule has 0 saturated heterocycles. The summed E-state index contributed by atoms with van der Waals surface area (Å²) in [7, 11) is 0. The van der Waals surface area contributed by atoms with E-state index in [2.05, 4.69) is 10.3 Å². The van der Waals surface area contributed by atoms with Crippen molar-refractivity contribution in [2.45, 2.75) is 6.92 Å². The molecule has 0 atom stereocenters. The minimum atomic E-state index is 0.738. The number of nitrogens with one attached hydrogen (secondary N) is 2. The standard InChI is InChI=1S/C9H11ClN2S2/c1-7(10)4-6-14-9(13)12-8-3-2-5-11-8/h2-5,11H,6H2,1H3,(H,12,13). The molecular weight excluding hydrogens is 236 g/mol. The molecule has 0 fully saturated rings. The van der Waals surface area contributed by atoms with E-state index in [-0.39, 0.29) is 0 Å². The summed E-state index contributed by atoms with van der Waals surface area (Å²) in [6.07, 6.45) is 3.77. The third-order valence-corrected chi connectivity index (χ3v) is 2.72. The molecule has 0 bridgehead atoms. The number of aromatic nitrogens is 1. The summed E-state index contributed by atoms with van der Waals surface area (Å²) in [5, 5.41) is 3.85. The van der Waals surface area contributed by atoms with Crippen molar-refractivity contribution in [3.05, 3.63) is 29.4 Å². The number of hydrogen-bond donors (Lipinski definition) is 2. The number of thioether (sulfide) groups is 1. The SMILES string of the molecule is CC(Cl)=CCSC(=S)Nc1ccc[nH]1. The lowest BCUT2D eigenvalue weighted by Crippen LogP contribution is -2.04. The molecule has 1 aromatic heterocycles. The fourth-order valence-corrected chi connectivity index (χ4v) is 1.94. The van der Waals surface area contributed by atoms with Gasteiger partial charge in [-0.1, -0.05) is 41.7 Å². The number of thiocarbonyl (C=S) groups is 1. The molecule has 0 amide bonds. The number of aromatic amines is 1. The second-order valence-corrected chi connectivity index (χ2v) is 4.89. The molecule has 1 heterocycles. The molecule has 0 aliphatic rings. The second-order valence-electron chi connectivity index (χ2n) is 2.60. The van der Waals surface area contributed by atoms with E-state index < -0.39 is 0 Å². The van der Waals surface area contributed by atoms with Gasteiger partial charge < -0.3 is 10.3 Å². The highest BCUT2D eigenvalue weighted by Gasteiger charge is 1.97. The van der Waals surface area contributed by atoms with Gasteiger partial charge >= 0.3 is 0 Å². The molecule has 0 unspecified atom stereocenters. The summed E-state index contributed by atoms with van der Waals surface area (Å²) < 4.78 is 0.738. The number of hydrogen-bond acceptors (Lipinski definition) is 2. The second kappa shape index (κ2) is 6.11. The molecule has 2 N–H and O–H groups in total. The molecule has 1 aromatic rings. The van der Waals surface area contributed by atoms with Crippen LogP contribution in [0.25, 0.3) is 0 Å². The minimum Gasteiger partial charge on any atom is -0.348 e. The van der Waals surface area contributed by atoms with Crippen molar-refractivity contribution in [2.75, 3.05) is 11.1 Å². The minimum absolute atomic E-state index is 0.738. The molecule has 0 radical (unpaired) electrons. The Morgan fingerprint density at radius 2 is 2.57 bits per heavy atom. The van der Waals surface area contributed by atoms with Crippen LogP contribution in [0.5, 0.6) is 0 Å².